The van der Waals surface area contributed by atoms with Crippen LogP contribution >= 0.6 is 0 Å². The Balaban J connectivity index is 2.76. The first-order chi connectivity index (χ1) is 6.09. The average Bonchev–Trinajstić information content (AvgIpc) is 2.34. The predicted molar refractivity (Wildman–Crippen MR) is 36.0 cm³/mol. The molecule has 0 aliphatic carbocycles. The number of hydrogen-bond acceptors (Lipinski definition) is 5. The van der Waals surface area contributed by atoms with Crippen LogP contribution < -0.4 is 9.47 Å². The molecule has 7 heteroatoms. The van der Waals surface area contributed by atoms with E-state index < -0.39 is 18.3 Å². The molecule has 0 fully saturated rings. The fraction of sp³-hybridized carbons (Fsp3) is 0. The van der Waals surface area contributed by atoms with E-state index in [4.69, 9.17) is 10.2 Å². The van der Waals surface area contributed by atoms with Crippen molar-refractivity contribution in [3.05, 3.63) is 12.3 Å². The standard InChI is InChI=1S/C6H4O7/c7-5(8)12-3-1-2-11-4(3)13-6(9)10/h1-2H,(H,7,8)(H,9,10). The molecule has 1 rings (SSSR count). The van der Waals surface area contributed by atoms with E-state index in [0.29, 0.717) is 0 Å². The third kappa shape index (κ3) is 2.40. The van der Waals surface area contributed by atoms with Crippen LogP contribution in [0.4, 0.5) is 9.59 Å². The van der Waals surface area contributed by atoms with E-state index in [-0.39, 0.29) is 5.75 Å². The fourth-order valence-electron chi connectivity index (χ4n) is 0.607. The molecule has 1 heterocycles. The van der Waals surface area contributed by atoms with Gasteiger partial charge in [-0.2, -0.15) is 0 Å². The van der Waals surface area contributed by atoms with Gasteiger partial charge in [0.15, 0.2) is 0 Å². The van der Waals surface area contributed by atoms with Gasteiger partial charge in [0.1, 0.15) is 0 Å². The largest absolute Gasteiger partial charge is 0.513 e. The molecular formula is C6H4O7. The van der Waals surface area contributed by atoms with Gasteiger partial charge in [0.2, 0.25) is 5.75 Å². The van der Waals surface area contributed by atoms with Gasteiger partial charge in [0.05, 0.1) is 6.26 Å². The topological polar surface area (TPSA) is 106 Å². The smallest absolute Gasteiger partial charge is 0.449 e. The zero-order valence-electron chi connectivity index (χ0n) is 6.09. The van der Waals surface area contributed by atoms with Crippen LogP contribution in [0.1, 0.15) is 0 Å². The lowest BCUT2D eigenvalue weighted by Crippen LogP contribution is -2.06. The first kappa shape index (κ1) is 8.91. The lowest BCUT2D eigenvalue weighted by atomic mass is 10.6. The molecule has 0 aliphatic rings. The Hall–Kier alpha value is -2.18. The molecule has 7 nitrogen and oxygen atoms in total. The molecule has 0 saturated heterocycles. The summed E-state index contributed by atoms with van der Waals surface area (Å²) in [5.41, 5.74) is 0. The van der Waals surface area contributed by atoms with Crippen molar-refractivity contribution in [2.45, 2.75) is 0 Å². The second-order valence-corrected chi connectivity index (χ2v) is 1.81. The summed E-state index contributed by atoms with van der Waals surface area (Å²) < 4.78 is 12.7. The highest BCUT2D eigenvalue weighted by atomic mass is 16.7. The van der Waals surface area contributed by atoms with E-state index in [2.05, 4.69) is 13.9 Å². The van der Waals surface area contributed by atoms with Gasteiger partial charge in [-0.1, -0.05) is 0 Å². The Labute approximate surface area is 71.1 Å². The lowest BCUT2D eigenvalue weighted by Gasteiger charge is -1.97. The van der Waals surface area contributed by atoms with E-state index in [1.54, 1.807) is 0 Å². The molecule has 70 valence electrons. The molecule has 0 bridgehead atoms. The molecule has 0 amide bonds. The van der Waals surface area contributed by atoms with Crippen LogP contribution in [0.15, 0.2) is 16.7 Å². The summed E-state index contributed by atoms with van der Waals surface area (Å²) in [6, 6.07) is 1.12. The summed E-state index contributed by atoms with van der Waals surface area (Å²) in [5.74, 6) is -0.829. The van der Waals surface area contributed by atoms with Gasteiger partial charge in [-0.05, 0) is 0 Å². The number of rotatable bonds is 2. The Morgan fingerprint density at radius 2 is 1.85 bits per heavy atom. The van der Waals surface area contributed by atoms with E-state index in [9.17, 15) is 9.59 Å². The van der Waals surface area contributed by atoms with Crippen molar-refractivity contribution < 1.29 is 33.7 Å². The molecular weight excluding hydrogens is 184 g/mol. The summed E-state index contributed by atoms with van der Waals surface area (Å²) in [6.45, 7) is 0. The molecule has 0 saturated carbocycles. The minimum atomic E-state index is -1.62. The molecule has 13 heavy (non-hydrogen) atoms. The maximum atomic E-state index is 10.0. The predicted octanol–water partition coefficient (Wildman–Crippen LogP) is 1.39. The molecule has 0 atom stereocenters. The van der Waals surface area contributed by atoms with Crippen molar-refractivity contribution in [1.82, 2.24) is 0 Å². The summed E-state index contributed by atoms with van der Waals surface area (Å²) in [6.07, 6.45) is -2.17. The number of hydrogen-bond donors (Lipinski definition) is 2. The van der Waals surface area contributed by atoms with Crippen LogP contribution in [0.3, 0.4) is 0 Å². The van der Waals surface area contributed by atoms with Crippen molar-refractivity contribution in [3.63, 3.8) is 0 Å². The first-order valence-electron chi connectivity index (χ1n) is 2.98. The molecule has 0 aliphatic heterocycles. The van der Waals surface area contributed by atoms with Crippen molar-refractivity contribution in [3.8, 4) is 11.7 Å². The van der Waals surface area contributed by atoms with E-state index in [1.165, 1.54) is 0 Å². The number of carbonyl (C=O) groups is 2. The minimum absolute atomic E-state index is 0.310. The van der Waals surface area contributed by atoms with Crippen LogP contribution in [-0.4, -0.2) is 22.5 Å². The van der Waals surface area contributed by atoms with E-state index >= 15 is 0 Å². The highest BCUT2D eigenvalue weighted by Crippen LogP contribution is 2.28. The third-order valence-electron chi connectivity index (χ3n) is 0.973. The molecule has 0 aromatic carbocycles. The van der Waals surface area contributed by atoms with Crippen LogP contribution in [0.25, 0.3) is 0 Å². The third-order valence-corrected chi connectivity index (χ3v) is 0.973. The molecule has 1 aromatic heterocycles. The zero-order chi connectivity index (χ0) is 9.84. The summed E-state index contributed by atoms with van der Waals surface area (Å²) in [4.78, 5) is 20.1. The normalized spacial score (nSPS) is 9.23. The summed E-state index contributed by atoms with van der Waals surface area (Å²) in [7, 11) is 0. The van der Waals surface area contributed by atoms with Gasteiger partial charge in [0.25, 0.3) is 0 Å². The maximum Gasteiger partial charge on any atom is 0.513 e. The summed E-state index contributed by atoms with van der Waals surface area (Å²) >= 11 is 0. The van der Waals surface area contributed by atoms with Crippen LogP contribution in [0.5, 0.6) is 11.7 Å². The zero-order valence-corrected chi connectivity index (χ0v) is 6.09. The Bertz CT molecular complexity index is 295. The number of furan rings is 1. The first-order valence-corrected chi connectivity index (χ1v) is 2.98. The average molecular weight is 188 g/mol. The quantitative estimate of drug-likeness (QED) is 0.675. The Kier molecular flexibility index (Phi) is 2.38. The van der Waals surface area contributed by atoms with Crippen LogP contribution in [0.2, 0.25) is 0 Å². The highest BCUT2D eigenvalue weighted by Gasteiger charge is 2.15. The molecule has 1 aromatic rings. The van der Waals surface area contributed by atoms with Gasteiger partial charge in [-0.15, -0.1) is 0 Å². The van der Waals surface area contributed by atoms with Gasteiger partial charge >= 0.3 is 18.3 Å². The van der Waals surface area contributed by atoms with Gasteiger partial charge in [-0.25, -0.2) is 9.59 Å². The summed E-state index contributed by atoms with van der Waals surface area (Å²) in [5, 5.41) is 16.3. The monoisotopic (exact) mass is 188 g/mol. The van der Waals surface area contributed by atoms with Crippen molar-refractivity contribution in [2.24, 2.45) is 0 Å². The van der Waals surface area contributed by atoms with Gasteiger partial charge in [-0.3, -0.25) is 0 Å². The highest BCUT2D eigenvalue weighted by molar-refractivity contribution is 5.65. The van der Waals surface area contributed by atoms with Crippen molar-refractivity contribution in [2.75, 3.05) is 0 Å². The van der Waals surface area contributed by atoms with Crippen LogP contribution in [0, 0.1) is 0 Å². The van der Waals surface area contributed by atoms with Crippen molar-refractivity contribution in [1.29, 1.82) is 0 Å². The van der Waals surface area contributed by atoms with Crippen molar-refractivity contribution >= 4 is 12.3 Å². The Morgan fingerprint density at radius 3 is 2.38 bits per heavy atom. The van der Waals surface area contributed by atoms with Gasteiger partial charge in [0, 0.05) is 6.07 Å². The molecule has 2 N–H and O–H groups in total. The van der Waals surface area contributed by atoms with Crippen LogP contribution in [-0.2, 0) is 0 Å². The maximum absolute atomic E-state index is 10.0. The molecule has 0 unspecified atom stereocenters. The fourth-order valence-corrected chi connectivity index (χ4v) is 0.607. The SMILES string of the molecule is O=C(O)Oc1ccoc1OC(=O)O. The lowest BCUT2D eigenvalue weighted by molar-refractivity contribution is 0.123. The Morgan fingerprint density at radius 1 is 1.23 bits per heavy atom. The number of carboxylic acid groups (broad SMARTS) is 2. The molecule has 0 radical (unpaired) electrons. The molecule has 0 spiro atoms. The van der Waals surface area contributed by atoms with E-state index in [0.717, 1.165) is 12.3 Å². The van der Waals surface area contributed by atoms with Gasteiger partial charge < -0.3 is 24.1 Å². The minimum Gasteiger partial charge on any atom is -0.449 e. The second-order valence-electron chi connectivity index (χ2n) is 1.81. The number of ether oxygens (including phenoxy) is 2. The van der Waals surface area contributed by atoms with E-state index in [1.807, 2.05) is 0 Å². The second kappa shape index (κ2) is 3.48.